The van der Waals surface area contributed by atoms with Crippen LogP contribution in [0.1, 0.15) is 58.8 Å². The molecular weight excluding hydrogens is 322 g/mol. The summed E-state index contributed by atoms with van der Waals surface area (Å²) in [5, 5.41) is 14.0. The molecule has 4 rings (SSSR count). The molecule has 0 spiro atoms. The molecular formula is C17H23N5OS. The second-order valence-corrected chi connectivity index (χ2v) is 7.60. The molecule has 0 aliphatic carbocycles. The molecule has 1 atom stereocenters. The fourth-order valence-corrected chi connectivity index (χ4v) is 4.73. The van der Waals surface area contributed by atoms with Gasteiger partial charge in [-0.05, 0) is 57.1 Å². The lowest BCUT2D eigenvalue weighted by Crippen LogP contribution is -2.32. The molecule has 1 N–H and O–H groups in total. The number of hydrogen-bond donors (Lipinski definition) is 1. The van der Waals surface area contributed by atoms with Crippen LogP contribution in [0.4, 0.5) is 0 Å². The second-order valence-electron chi connectivity index (χ2n) is 6.62. The molecule has 2 aromatic heterocycles. The average molecular weight is 345 g/mol. The molecule has 2 aliphatic heterocycles. The largest absolute Gasteiger partial charge is 0.329 e. The Balaban J connectivity index is 1.57. The quantitative estimate of drug-likeness (QED) is 0.929. The van der Waals surface area contributed by atoms with Gasteiger partial charge in [0.25, 0.3) is 5.91 Å². The topological polar surface area (TPSA) is 63.1 Å². The summed E-state index contributed by atoms with van der Waals surface area (Å²) < 4.78 is 1.96. The number of thiophene rings is 1. The van der Waals surface area contributed by atoms with Gasteiger partial charge in [-0.15, -0.1) is 16.4 Å². The molecule has 7 heteroatoms. The number of nitrogens with one attached hydrogen (secondary N) is 1. The van der Waals surface area contributed by atoms with Crippen LogP contribution < -0.4 is 5.32 Å². The summed E-state index contributed by atoms with van der Waals surface area (Å²) in [7, 11) is 0. The van der Waals surface area contributed by atoms with Crippen molar-refractivity contribution < 1.29 is 4.79 Å². The van der Waals surface area contributed by atoms with E-state index in [2.05, 4.69) is 33.1 Å². The van der Waals surface area contributed by atoms with Crippen molar-refractivity contribution in [3.63, 3.8) is 0 Å². The maximum absolute atomic E-state index is 13.1. The molecule has 4 heterocycles. The lowest BCUT2D eigenvalue weighted by atomic mass is 10.1. The Bertz CT molecular complexity index is 705. The van der Waals surface area contributed by atoms with Gasteiger partial charge < -0.3 is 10.2 Å². The third kappa shape index (κ3) is 2.75. The highest BCUT2D eigenvalue weighted by Gasteiger charge is 2.34. The Labute approximate surface area is 145 Å². The van der Waals surface area contributed by atoms with E-state index in [1.807, 2.05) is 16.5 Å². The van der Waals surface area contributed by atoms with E-state index in [0.717, 1.165) is 51.0 Å². The van der Waals surface area contributed by atoms with Gasteiger partial charge in [-0.1, -0.05) is 11.3 Å². The van der Waals surface area contributed by atoms with E-state index in [4.69, 9.17) is 0 Å². The molecule has 2 aliphatic rings. The van der Waals surface area contributed by atoms with Crippen molar-refractivity contribution in [2.75, 3.05) is 19.6 Å². The summed E-state index contributed by atoms with van der Waals surface area (Å²) >= 11 is 1.73. The maximum Gasteiger partial charge on any atom is 0.276 e. The molecule has 0 aromatic carbocycles. The number of aromatic nitrogens is 3. The summed E-state index contributed by atoms with van der Waals surface area (Å²) in [4.78, 5) is 16.3. The van der Waals surface area contributed by atoms with Crippen LogP contribution in [-0.4, -0.2) is 45.4 Å². The Morgan fingerprint density at radius 2 is 2.17 bits per heavy atom. The summed E-state index contributed by atoms with van der Waals surface area (Å²) in [5.41, 5.74) is 1.43. The number of carbonyl (C=O) groups excluding carboxylic acids is 1. The highest BCUT2D eigenvalue weighted by atomic mass is 32.1. The third-order valence-corrected chi connectivity index (χ3v) is 6.14. The smallest absolute Gasteiger partial charge is 0.276 e. The standard InChI is InChI=1S/C17H23N5OS/c1-12-16(19-20-22(12)13-6-8-18-9-7-13)17(23)21-10-2-4-14(21)15-5-3-11-24-15/h3,5,11,13-14,18H,2,4,6-10H2,1H3. The number of piperidine rings is 1. The Hall–Kier alpha value is -1.73. The molecule has 0 saturated carbocycles. The van der Waals surface area contributed by atoms with E-state index in [9.17, 15) is 4.79 Å². The fraction of sp³-hybridized carbons (Fsp3) is 0.588. The highest BCUT2D eigenvalue weighted by Crippen LogP contribution is 2.35. The van der Waals surface area contributed by atoms with Crippen LogP contribution in [-0.2, 0) is 0 Å². The van der Waals surface area contributed by atoms with Gasteiger partial charge in [0.2, 0.25) is 0 Å². The number of amides is 1. The Morgan fingerprint density at radius 3 is 2.92 bits per heavy atom. The normalized spacial score (nSPS) is 22.2. The van der Waals surface area contributed by atoms with Crippen LogP contribution in [0, 0.1) is 6.92 Å². The first-order valence-corrected chi connectivity index (χ1v) is 9.60. The summed E-state index contributed by atoms with van der Waals surface area (Å²) in [6.07, 6.45) is 4.17. The van der Waals surface area contributed by atoms with E-state index in [1.54, 1.807) is 11.3 Å². The van der Waals surface area contributed by atoms with Gasteiger partial charge in [-0.25, -0.2) is 4.68 Å². The lowest BCUT2D eigenvalue weighted by Gasteiger charge is -2.24. The van der Waals surface area contributed by atoms with Crippen molar-refractivity contribution in [3.05, 3.63) is 33.8 Å². The van der Waals surface area contributed by atoms with Gasteiger partial charge in [0.15, 0.2) is 5.69 Å². The fourth-order valence-electron chi connectivity index (χ4n) is 3.86. The molecule has 0 radical (unpaired) electrons. The zero-order chi connectivity index (χ0) is 16.5. The number of hydrogen-bond acceptors (Lipinski definition) is 5. The van der Waals surface area contributed by atoms with Gasteiger partial charge in [0.05, 0.1) is 17.8 Å². The Kier molecular flexibility index (Phi) is 4.37. The summed E-state index contributed by atoms with van der Waals surface area (Å²) in [5.74, 6) is 0.0311. The van der Waals surface area contributed by atoms with E-state index < -0.39 is 0 Å². The van der Waals surface area contributed by atoms with Crippen LogP contribution in [0.5, 0.6) is 0 Å². The summed E-state index contributed by atoms with van der Waals surface area (Å²) in [6, 6.07) is 4.73. The van der Waals surface area contributed by atoms with Gasteiger partial charge >= 0.3 is 0 Å². The van der Waals surface area contributed by atoms with Gasteiger partial charge in [0, 0.05) is 11.4 Å². The van der Waals surface area contributed by atoms with Gasteiger partial charge in [-0.2, -0.15) is 0 Å². The predicted molar refractivity (Wildman–Crippen MR) is 93.2 cm³/mol. The van der Waals surface area contributed by atoms with E-state index in [0.29, 0.717) is 11.7 Å². The molecule has 2 saturated heterocycles. The van der Waals surface area contributed by atoms with E-state index in [1.165, 1.54) is 4.88 Å². The van der Waals surface area contributed by atoms with Crippen LogP contribution >= 0.6 is 11.3 Å². The molecule has 2 fully saturated rings. The van der Waals surface area contributed by atoms with Crippen LogP contribution in [0.3, 0.4) is 0 Å². The number of rotatable bonds is 3. The minimum absolute atomic E-state index is 0.0311. The van der Waals surface area contributed by atoms with Gasteiger partial charge in [-0.3, -0.25) is 4.79 Å². The lowest BCUT2D eigenvalue weighted by molar-refractivity contribution is 0.0731. The number of nitrogens with zero attached hydrogens (tertiary/aromatic N) is 4. The SMILES string of the molecule is Cc1c(C(=O)N2CCCC2c2cccs2)nnn1C1CCNCC1. The molecule has 2 aromatic rings. The third-order valence-electron chi connectivity index (χ3n) is 5.17. The minimum Gasteiger partial charge on any atom is -0.329 e. The van der Waals surface area contributed by atoms with Crippen molar-refractivity contribution in [3.8, 4) is 0 Å². The van der Waals surface area contributed by atoms with Crippen molar-refractivity contribution in [2.45, 2.75) is 44.7 Å². The monoisotopic (exact) mass is 345 g/mol. The van der Waals surface area contributed by atoms with E-state index in [-0.39, 0.29) is 11.9 Å². The Morgan fingerprint density at radius 1 is 1.33 bits per heavy atom. The molecule has 24 heavy (non-hydrogen) atoms. The number of likely N-dealkylation sites (tertiary alicyclic amines) is 1. The molecule has 1 unspecified atom stereocenters. The maximum atomic E-state index is 13.1. The van der Waals surface area contributed by atoms with Crippen LogP contribution in [0.15, 0.2) is 17.5 Å². The van der Waals surface area contributed by atoms with Gasteiger partial charge in [0.1, 0.15) is 0 Å². The minimum atomic E-state index is 0.0311. The van der Waals surface area contributed by atoms with Crippen molar-refractivity contribution in [1.29, 1.82) is 0 Å². The first kappa shape index (κ1) is 15.8. The first-order chi connectivity index (χ1) is 11.8. The highest BCUT2D eigenvalue weighted by molar-refractivity contribution is 7.10. The average Bonchev–Trinajstić information content (AvgIpc) is 3.35. The second kappa shape index (κ2) is 6.64. The molecule has 128 valence electrons. The molecule has 6 nitrogen and oxygen atoms in total. The summed E-state index contributed by atoms with van der Waals surface area (Å²) in [6.45, 7) is 4.78. The number of carbonyl (C=O) groups is 1. The zero-order valence-corrected chi connectivity index (χ0v) is 14.8. The first-order valence-electron chi connectivity index (χ1n) is 8.72. The zero-order valence-electron chi connectivity index (χ0n) is 13.9. The predicted octanol–water partition coefficient (Wildman–Crippen LogP) is 2.55. The van der Waals surface area contributed by atoms with Crippen molar-refractivity contribution >= 4 is 17.2 Å². The van der Waals surface area contributed by atoms with Crippen molar-refractivity contribution in [1.82, 2.24) is 25.2 Å². The molecule has 0 bridgehead atoms. The van der Waals surface area contributed by atoms with Crippen LogP contribution in [0.25, 0.3) is 0 Å². The molecule has 1 amide bonds. The van der Waals surface area contributed by atoms with Crippen molar-refractivity contribution in [2.24, 2.45) is 0 Å². The van der Waals surface area contributed by atoms with E-state index >= 15 is 0 Å². The van der Waals surface area contributed by atoms with Crippen LogP contribution in [0.2, 0.25) is 0 Å².